The van der Waals surface area contributed by atoms with Gasteiger partial charge in [-0.25, -0.2) is 0 Å². The number of thioether (sulfide) groups is 1. The highest BCUT2D eigenvalue weighted by atomic mass is 32.2. The minimum Gasteiger partial charge on any atom is -0.464 e. The Morgan fingerprint density at radius 2 is 2.12 bits per heavy atom. The molecule has 0 aliphatic carbocycles. The van der Waals surface area contributed by atoms with Crippen molar-refractivity contribution in [3.05, 3.63) is 0 Å². The Hall–Kier alpha value is -1.08. The number of anilines is 1. The Morgan fingerprint density at radius 1 is 1.31 bits per heavy atom. The predicted molar refractivity (Wildman–Crippen MR) is 63.1 cm³/mol. The summed E-state index contributed by atoms with van der Waals surface area (Å²) in [6.07, 6.45) is 0. The maximum absolute atomic E-state index is 5.25. The average molecular weight is 244 g/mol. The maximum atomic E-state index is 5.25. The van der Waals surface area contributed by atoms with Crippen LogP contribution in [0.2, 0.25) is 0 Å². The molecule has 1 heterocycles. The molecule has 0 radical (unpaired) electrons. The predicted octanol–water partition coefficient (Wildman–Crippen LogP) is 1.05. The summed E-state index contributed by atoms with van der Waals surface area (Å²) < 4.78 is 10.2. The minimum atomic E-state index is 0.349. The molecule has 0 aromatic carbocycles. The Labute approximate surface area is 99.2 Å². The van der Waals surface area contributed by atoms with Crippen LogP contribution in [0.5, 0.6) is 6.01 Å². The van der Waals surface area contributed by atoms with Crippen LogP contribution in [-0.2, 0) is 4.74 Å². The molecule has 0 saturated heterocycles. The van der Waals surface area contributed by atoms with Gasteiger partial charge in [0, 0.05) is 19.9 Å². The lowest BCUT2D eigenvalue weighted by Crippen LogP contribution is -2.05. The first kappa shape index (κ1) is 13.0. The third kappa shape index (κ3) is 4.19. The number of methoxy groups -OCH3 is 1. The summed E-state index contributed by atoms with van der Waals surface area (Å²) in [7, 11) is 3.42. The van der Waals surface area contributed by atoms with Crippen LogP contribution in [0, 0.1) is 0 Å². The molecule has 1 N–H and O–H groups in total. The minimum absolute atomic E-state index is 0.349. The van der Waals surface area contributed by atoms with E-state index < -0.39 is 0 Å². The summed E-state index contributed by atoms with van der Waals surface area (Å²) in [5, 5.41) is 3.51. The lowest BCUT2D eigenvalue weighted by molar-refractivity contribution is 0.218. The summed E-state index contributed by atoms with van der Waals surface area (Å²) in [5.41, 5.74) is 0. The van der Waals surface area contributed by atoms with Gasteiger partial charge in [-0.1, -0.05) is 11.8 Å². The summed E-state index contributed by atoms with van der Waals surface area (Å²) in [6, 6.07) is 0.349. The highest BCUT2D eigenvalue weighted by Gasteiger charge is 2.06. The monoisotopic (exact) mass is 244 g/mol. The van der Waals surface area contributed by atoms with E-state index >= 15 is 0 Å². The van der Waals surface area contributed by atoms with Crippen LogP contribution >= 0.6 is 11.8 Å². The quantitative estimate of drug-likeness (QED) is 0.568. The van der Waals surface area contributed by atoms with Crippen LogP contribution in [0.25, 0.3) is 0 Å². The van der Waals surface area contributed by atoms with E-state index in [1.54, 1.807) is 14.2 Å². The van der Waals surface area contributed by atoms with Gasteiger partial charge in [-0.05, 0) is 6.92 Å². The zero-order chi connectivity index (χ0) is 11.8. The summed E-state index contributed by atoms with van der Waals surface area (Å²) >= 11 is 1.51. The van der Waals surface area contributed by atoms with E-state index in [9.17, 15) is 0 Å². The molecule has 0 spiro atoms. The second-order valence-corrected chi connectivity index (χ2v) is 3.81. The molecule has 1 rings (SSSR count). The van der Waals surface area contributed by atoms with Gasteiger partial charge in [-0.15, -0.1) is 0 Å². The molecule has 0 aliphatic heterocycles. The molecular weight excluding hydrogens is 228 g/mol. The molecular formula is C9H16N4O2S. The summed E-state index contributed by atoms with van der Waals surface area (Å²) in [6.45, 7) is 3.09. The SMILES string of the molecule is CCOc1nc(NC)nc(SCCOC)n1. The van der Waals surface area contributed by atoms with Crippen LogP contribution in [0.15, 0.2) is 5.16 Å². The first-order valence-corrected chi connectivity index (χ1v) is 5.97. The lowest BCUT2D eigenvalue weighted by Gasteiger charge is -2.06. The highest BCUT2D eigenvalue weighted by Crippen LogP contribution is 2.17. The van der Waals surface area contributed by atoms with Crippen molar-refractivity contribution >= 4 is 17.7 Å². The first-order valence-electron chi connectivity index (χ1n) is 4.98. The van der Waals surface area contributed by atoms with Crippen molar-refractivity contribution in [2.45, 2.75) is 12.1 Å². The molecule has 0 amide bonds. The van der Waals surface area contributed by atoms with Crippen molar-refractivity contribution in [2.24, 2.45) is 0 Å². The number of nitrogens with one attached hydrogen (secondary N) is 1. The molecule has 7 heteroatoms. The molecule has 1 aromatic rings. The number of ether oxygens (including phenoxy) is 2. The van der Waals surface area contributed by atoms with Gasteiger partial charge in [0.2, 0.25) is 5.95 Å². The van der Waals surface area contributed by atoms with E-state index in [1.165, 1.54) is 11.8 Å². The highest BCUT2D eigenvalue weighted by molar-refractivity contribution is 7.99. The fourth-order valence-electron chi connectivity index (χ4n) is 0.924. The average Bonchev–Trinajstić information content (AvgIpc) is 2.29. The van der Waals surface area contributed by atoms with Crippen LogP contribution in [0.1, 0.15) is 6.92 Å². The van der Waals surface area contributed by atoms with Gasteiger partial charge < -0.3 is 14.8 Å². The number of nitrogens with zero attached hydrogens (tertiary/aromatic N) is 3. The van der Waals surface area contributed by atoms with Crippen molar-refractivity contribution in [2.75, 3.05) is 38.4 Å². The van der Waals surface area contributed by atoms with Crippen LogP contribution in [-0.4, -0.2) is 48.1 Å². The van der Waals surface area contributed by atoms with E-state index in [2.05, 4.69) is 20.3 Å². The second kappa shape index (κ2) is 7.24. The summed E-state index contributed by atoms with van der Waals surface area (Å²) in [5.74, 6) is 1.31. The molecule has 16 heavy (non-hydrogen) atoms. The van der Waals surface area contributed by atoms with Crippen LogP contribution in [0.4, 0.5) is 5.95 Å². The van der Waals surface area contributed by atoms with Gasteiger partial charge in [0.15, 0.2) is 5.16 Å². The van der Waals surface area contributed by atoms with Gasteiger partial charge in [-0.2, -0.15) is 15.0 Å². The summed E-state index contributed by atoms with van der Waals surface area (Å²) in [4.78, 5) is 12.4. The largest absolute Gasteiger partial charge is 0.464 e. The Bertz CT molecular complexity index is 324. The maximum Gasteiger partial charge on any atom is 0.322 e. The zero-order valence-electron chi connectivity index (χ0n) is 9.69. The van der Waals surface area contributed by atoms with Crippen molar-refractivity contribution in [3.63, 3.8) is 0 Å². The van der Waals surface area contributed by atoms with E-state index in [-0.39, 0.29) is 0 Å². The van der Waals surface area contributed by atoms with Crippen molar-refractivity contribution in [1.29, 1.82) is 0 Å². The molecule has 0 fully saturated rings. The van der Waals surface area contributed by atoms with Gasteiger partial charge in [0.05, 0.1) is 13.2 Å². The molecule has 90 valence electrons. The van der Waals surface area contributed by atoms with Gasteiger partial charge in [0.1, 0.15) is 0 Å². The molecule has 6 nitrogen and oxygen atoms in total. The molecule has 0 atom stereocenters. The number of hydrogen-bond donors (Lipinski definition) is 1. The fourth-order valence-corrected chi connectivity index (χ4v) is 1.65. The van der Waals surface area contributed by atoms with E-state index in [4.69, 9.17) is 9.47 Å². The third-order valence-electron chi connectivity index (χ3n) is 1.61. The number of aromatic nitrogens is 3. The van der Waals surface area contributed by atoms with E-state index in [0.717, 1.165) is 5.75 Å². The molecule has 0 unspecified atom stereocenters. The Morgan fingerprint density at radius 3 is 2.75 bits per heavy atom. The molecule has 0 aliphatic rings. The molecule has 0 bridgehead atoms. The Kier molecular flexibility index (Phi) is 5.87. The second-order valence-electron chi connectivity index (χ2n) is 2.75. The number of rotatable bonds is 7. The van der Waals surface area contributed by atoms with E-state index in [1.807, 2.05) is 6.92 Å². The first-order chi connectivity index (χ1) is 7.80. The topological polar surface area (TPSA) is 69.2 Å². The molecule has 1 aromatic heterocycles. The molecule has 0 saturated carbocycles. The lowest BCUT2D eigenvalue weighted by atomic mass is 10.8. The van der Waals surface area contributed by atoms with Crippen molar-refractivity contribution in [1.82, 2.24) is 15.0 Å². The van der Waals surface area contributed by atoms with Gasteiger partial charge in [-0.3, -0.25) is 0 Å². The number of hydrogen-bond acceptors (Lipinski definition) is 7. The third-order valence-corrected chi connectivity index (χ3v) is 2.42. The van der Waals surface area contributed by atoms with Crippen LogP contribution in [0.3, 0.4) is 0 Å². The van der Waals surface area contributed by atoms with Gasteiger partial charge >= 0.3 is 6.01 Å². The fraction of sp³-hybridized carbons (Fsp3) is 0.667. The van der Waals surface area contributed by atoms with Crippen LogP contribution < -0.4 is 10.1 Å². The smallest absolute Gasteiger partial charge is 0.322 e. The van der Waals surface area contributed by atoms with Crippen molar-refractivity contribution in [3.8, 4) is 6.01 Å². The normalized spacial score (nSPS) is 10.2. The Balaban J connectivity index is 2.69. The van der Waals surface area contributed by atoms with E-state index in [0.29, 0.717) is 30.3 Å². The van der Waals surface area contributed by atoms with Crippen molar-refractivity contribution < 1.29 is 9.47 Å². The standard InChI is InChI=1S/C9H16N4O2S/c1-4-15-8-11-7(10-2)12-9(13-8)16-6-5-14-3/h4-6H2,1-3H3,(H,10,11,12,13). The zero-order valence-corrected chi connectivity index (χ0v) is 10.5. The van der Waals surface area contributed by atoms with Gasteiger partial charge in [0.25, 0.3) is 0 Å².